The monoisotopic (exact) mass is 245 g/mol. The molecule has 0 saturated heterocycles. The predicted molar refractivity (Wildman–Crippen MR) is 73.3 cm³/mol. The van der Waals surface area contributed by atoms with Crippen LogP contribution < -0.4 is 5.32 Å². The van der Waals surface area contributed by atoms with Gasteiger partial charge in [-0.3, -0.25) is 0 Å². The highest BCUT2D eigenvalue weighted by Crippen LogP contribution is 2.17. The average Bonchev–Trinajstić information content (AvgIpc) is 2.38. The van der Waals surface area contributed by atoms with Gasteiger partial charge in [0.25, 0.3) is 0 Å². The molecule has 0 heterocycles. The second-order valence-corrected chi connectivity index (χ2v) is 4.91. The summed E-state index contributed by atoms with van der Waals surface area (Å²) in [5.41, 5.74) is -0.102. The molecule has 0 rings (SSSR count). The molecule has 0 amide bonds. The smallest absolute Gasteiger partial charge is 0.0613 e. The Bertz CT molecular complexity index is 170. The molecule has 2 atom stereocenters. The van der Waals surface area contributed by atoms with Crippen LogP contribution in [0, 0.1) is 0 Å². The van der Waals surface area contributed by atoms with Crippen molar-refractivity contribution in [3.63, 3.8) is 0 Å². The van der Waals surface area contributed by atoms with Crippen LogP contribution in [0.3, 0.4) is 0 Å². The third-order valence-electron chi connectivity index (χ3n) is 3.51. The Hall–Kier alpha value is -0.120. The van der Waals surface area contributed by atoms with E-state index in [0.29, 0.717) is 6.10 Å². The molecule has 0 aromatic carbocycles. The van der Waals surface area contributed by atoms with E-state index in [4.69, 9.17) is 4.74 Å². The number of nitrogens with one attached hydrogen (secondary N) is 1. The number of aliphatic hydroxyl groups excluding tert-OH is 1. The third-order valence-corrected chi connectivity index (χ3v) is 3.51. The molecule has 0 fully saturated rings. The van der Waals surface area contributed by atoms with E-state index in [1.54, 1.807) is 0 Å². The number of hydrogen-bond donors (Lipinski definition) is 2. The lowest BCUT2D eigenvalue weighted by atomic mass is 9.91. The second-order valence-electron chi connectivity index (χ2n) is 4.91. The van der Waals surface area contributed by atoms with Crippen LogP contribution in [0.5, 0.6) is 0 Å². The average molecular weight is 245 g/mol. The summed E-state index contributed by atoms with van der Waals surface area (Å²) in [6.07, 6.45) is 5.47. The van der Waals surface area contributed by atoms with Gasteiger partial charge in [-0.1, -0.05) is 20.8 Å². The molecular formula is C14H31NO2. The molecule has 3 heteroatoms. The molecular weight excluding hydrogens is 214 g/mol. The van der Waals surface area contributed by atoms with E-state index in [2.05, 4.69) is 33.0 Å². The second kappa shape index (κ2) is 9.86. The van der Waals surface area contributed by atoms with E-state index in [-0.39, 0.29) is 12.1 Å². The minimum absolute atomic E-state index is 0.102. The van der Waals surface area contributed by atoms with E-state index in [1.165, 1.54) is 0 Å². The van der Waals surface area contributed by atoms with Gasteiger partial charge in [0.1, 0.15) is 0 Å². The summed E-state index contributed by atoms with van der Waals surface area (Å²) in [4.78, 5) is 0. The Morgan fingerprint density at radius 1 is 1.29 bits per heavy atom. The zero-order valence-corrected chi connectivity index (χ0v) is 12.1. The third kappa shape index (κ3) is 7.02. The molecule has 0 aliphatic rings. The van der Waals surface area contributed by atoms with Gasteiger partial charge in [-0.15, -0.1) is 0 Å². The Morgan fingerprint density at radius 2 is 2.00 bits per heavy atom. The number of ether oxygens (including phenoxy) is 1. The van der Waals surface area contributed by atoms with Crippen molar-refractivity contribution in [2.75, 3.05) is 19.8 Å². The first-order valence-electron chi connectivity index (χ1n) is 7.11. The fourth-order valence-electron chi connectivity index (χ4n) is 1.84. The van der Waals surface area contributed by atoms with E-state index >= 15 is 0 Å². The first-order chi connectivity index (χ1) is 8.14. The van der Waals surface area contributed by atoms with Crippen molar-refractivity contribution in [1.29, 1.82) is 0 Å². The summed E-state index contributed by atoms with van der Waals surface area (Å²) < 4.78 is 5.67. The van der Waals surface area contributed by atoms with Gasteiger partial charge in [-0.25, -0.2) is 0 Å². The Balaban J connectivity index is 3.91. The largest absolute Gasteiger partial charge is 0.394 e. The first kappa shape index (κ1) is 16.9. The summed E-state index contributed by atoms with van der Waals surface area (Å²) in [7, 11) is 0. The molecule has 104 valence electrons. The van der Waals surface area contributed by atoms with Gasteiger partial charge in [0.05, 0.1) is 12.7 Å². The van der Waals surface area contributed by atoms with Crippen molar-refractivity contribution in [3.8, 4) is 0 Å². The van der Waals surface area contributed by atoms with Crippen molar-refractivity contribution >= 4 is 0 Å². The maximum Gasteiger partial charge on any atom is 0.0613 e. The lowest BCUT2D eigenvalue weighted by Gasteiger charge is -2.32. The lowest BCUT2D eigenvalue weighted by Crippen LogP contribution is -2.48. The van der Waals surface area contributed by atoms with Crippen LogP contribution in [0.25, 0.3) is 0 Å². The highest BCUT2D eigenvalue weighted by Gasteiger charge is 2.25. The molecule has 0 radical (unpaired) electrons. The molecule has 2 unspecified atom stereocenters. The predicted octanol–water partition coefficient (Wildman–Crippen LogP) is 2.72. The summed E-state index contributed by atoms with van der Waals surface area (Å²) >= 11 is 0. The van der Waals surface area contributed by atoms with E-state index in [9.17, 15) is 5.11 Å². The summed E-state index contributed by atoms with van der Waals surface area (Å²) in [5.74, 6) is 0. The molecule has 3 nitrogen and oxygen atoms in total. The lowest BCUT2D eigenvalue weighted by molar-refractivity contribution is 0.0517. The number of rotatable bonds is 11. The van der Waals surface area contributed by atoms with Crippen LogP contribution in [-0.4, -0.2) is 36.5 Å². The van der Waals surface area contributed by atoms with Crippen LogP contribution in [0.4, 0.5) is 0 Å². The Kier molecular flexibility index (Phi) is 9.79. The molecule has 0 aliphatic heterocycles. The van der Waals surface area contributed by atoms with Gasteiger partial charge >= 0.3 is 0 Å². The summed E-state index contributed by atoms with van der Waals surface area (Å²) in [5, 5.41) is 13.0. The molecule has 0 aliphatic carbocycles. The molecule has 17 heavy (non-hydrogen) atoms. The van der Waals surface area contributed by atoms with Gasteiger partial charge < -0.3 is 15.2 Å². The molecule has 0 aromatic heterocycles. The fourth-order valence-corrected chi connectivity index (χ4v) is 1.84. The van der Waals surface area contributed by atoms with Gasteiger partial charge in [-0.2, -0.15) is 0 Å². The molecule has 2 N–H and O–H groups in total. The number of aliphatic hydroxyl groups is 1. The summed E-state index contributed by atoms with van der Waals surface area (Å²) in [6.45, 7) is 10.5. The Morgan fingerprint density at radius 3 is 2.47 bits per heavy atom. The van der Waals surface area contributed by atoms with Gasteiger partial charge in [0.15, 0.2) is 0 Å². The fraction of sp³-hybridized carbons (Fsp3) is 1.00. The zero-order valence-electron chi connectivity index (χ0n) is 12.1. The topological polar surface area (TPSA) is 41.5 Å². The van der Waals surface area contributed by atoms with Crippen molar-refractivity contribution in [2.24, 2.45) is 0 Å². The first-order valence-corrected chi connectivity index (χ1v) is 7.11. The minimum atomic E-state index is -0.102. The minimum Gasteiger partial charge on any atom is -0.394 e. The van der Waals surface area contributed by atoms with Crippen molar-refractivity contribution in [2.45, 2.75) is 71.4 Å². The molecule has 0 bridgehead atoms. The van der Waals surface area contributed by atoms with Gasteiger partial charge in [-0.05, 0) is 45.6 Å². The van der Waals surface area contributed by atoms with E-state index < -0.39 is 0 Å². The van der Waals surface area contributed by atoms with Crippen LogP contribution in [0.15, 0.2) is 0 Å². The molecule has 0 spiro atoms. The van der Waals surface area contributed by atoms with E-state index in [0.717, 1.165) is 45.3 Å². The van der Waals surface area contributed by atoms with Crippen LogP contribution in [-0.2, 0) is 4.74 Å². The zero-order chi connectivity index (χ0) is 13.1. The highest BCUT2D eigenvalue weighted by molar-refractivity contribution is 4.85. The number of hydrogen-bond acceptors (Lipinski definition) is 3. The van der Waals surface area contributed by atoms with Crippen LogP contribution in [0.2, 0.25) is 0 Å². The SMILES string of the molecule is CCCNC(CC)(CO)CCCOC(C)CC. The Labute approximate surface area is 107 Å². The quantitative estimate of drug-likeness (QED) is 0.550. The maximum absolute atomic E-state index is 9.55. The van der Waals surface area contributed by atoms with Crippen molar-refractivity contribution in [3.05, 3.63) is 0 Å². The normalized spacial score (nSPS) is 16.8. The summed E-state index contributed by atoms with van der Waals surface area (Å²) in [6, 6.07) is 0. The maximum atomic E-state index is 9.55. The van der Waals surface area contributed by atoms with Crippen LogP contribution >= 0.6 is 0 Å². The molecule has 0 aromatic rings. The van der Waals surface area contributed by atoms with Gasteiger partial charge in [0, 0.05) is 12.1 Å². The standard InChI is InChI=1S/C14H31NO2/c1-5-10-15-14(7-3,12-16)9-8-11-17-13(4)6-2/h13,15-16H,5-12H2,1-4H3. The van der Waals surface area contributed by atoms with Crippen LogP contribution in [0.1, 0.15) is 59.8 Å². The van der Waals surface area contributed by atoms with Crippen molar-refractivity contribution < 1.29 is 9.84 Å². The molecule has 0 saturated carbocycles. The van der Waals surface area contributed by atoms with Gasteiger partial charge in [0.2, 0.25) is 0 Å². The van der Waals surface area contributed by atoms with Crippen molar-refractivity contribution in [1.82, 2.24) is 5.32 Å². The highest BCUT2D eigenvalue weighted by atomic mass is 16.5. The van der Waals surface area contributed by atoms with E-state index in [1.807, 2.05) is 0 Å².